The predicted molar refractivity (Wildman–Crippen MR) is 94.2 cm³/mol. The maximum Gasteiger partial charge on any atom is 0.131 e. The van der Waals surface area contributed by atoms with Crippen LogP contribution >= 0.6 is 0 Å². The summed E-state index contributed by atoms with van der Waals surface area (Å²) in [4.78, 5) is 4.69. The molecule has 1 heterocycles. The third-order valence-corrected chi connectivity index (χ3v) is 4.67. The van der Waals surface area contributed by atoms with E-state index in [0.29, 0.717) is 17.4 Å². The van der Waals surface area contributed by atoms with Gasteiger partial charge in [0.2, 0.25) is 0 Å². The summed E-state index contributed by atoms with van der Waals surface area (Å²) in [5.41, 5.74) is 6.14. The zero-order valence-corrected chi connectivity index (χ0v) is 20.3. The molecule has 3 aromatic carbocycles. The number of hydrogen-bond donors (Lipinski definition) is 0. The SMILES string of the molecule is Fc1ccc2nc3c([c-]c2c1)Cc1cc(-c2ccccc2F)ccc1-3.[Rf]. The van der Waals surface area contributed by atoms with Crippen molar-refractivity contribution in [3.8, 4) is 22.4 Å². The molecule has 0 unspecified atom stereocenters. The Balaban J connectivity index is 0.00000168. The molecule has 4 aromatic rings. The molecule has 0 N–H and O–H groups in total. The van der Waals surface area contributed by atoms with Crippen molar-refractivity contribution >= 4 is 10.9 Å². The monoisotopic (exact) mass is 595 g/mol. The minimum Gasteiger partial charge on any atom is -0.344 e. The van der Waals surface area contributed by atoms with Gasteiger partial charge in [-0.2, -0.15) is 0 Å². The standard InChI is InChI=1S/C22H12F2N.Rf/c23-17-6-8-21-15(12-17)11-16-10-14-9-13(5-7-19(14)22(16)25-21)18-3-1-2-4-20(18)24;/h1-9,12H,10H2;/q-1;. The van der Waals surface area contributed by atoms with Crippen molar-refractivity contribution < 1.29 is 8.78 Å². The Labute approximate surface area is 143 Å². The summed E-state index contributed by atoms with van der Waals surface area (Å²) in [6, 6.07) is 20.5. The molecule has 0 atom stereocenters. The molecule has 0 amide bonds. The Morgan fingerprint density at radius 3 is 2.58 bits per heavy atom. The van der Waals surface area contributed by atoms with Crippen molar-refractivity contribution in [2.24, 2.45) is 0 Å². The summed E-state index contributed by atoms with van der Waals surface area (Å²) in [7, 11) is 0. The molecule has 1 aliphatic carbocycles. The third-order valence-electron chi connectivity index (χ3n) is 4.67. The predicted octanol–water partition coefficient (Wildman–Crippen LogP) is 5.55. The van der Waals surface area contributed by atoms with Crippen LogP contribution in [0.5, 0.6) is 0 Å². The summed E-state index contributed by atoms with van der Waals surface area (Å²) >= 11 is 0. The van der Waals surface area contributed by atoms with Crippen LogP contribution in [0, 0.1) is 17.7 Å². The van der Waals surface area contributed by atoms with Crippen LogP contribution in [-0.2, 0) is 6.42 Å². The van der Waals surface area contributed by atoms with Gasteiger partial charge in [-0.25, -0.2) is 8.78 Å². The second-order valence-electron chi connectivity index (χ2n) is 6.25. The number of hydrogen-bond acceptors (Lipinski definition) is 1. The minimum atomic E-state index is -0.289. The van der Waals surface area contributed by atoms with Gasteiger partial charge < -0.3 is 4.98 Å². The number of rotatable bonds is 1. The quantitative estimate of drug-likeness (QED) is 0.232. The summed E-state index contributed by atoms with van der Waals surface area (Å²) in [5.74, 6) is -0.522. The Kier molecular flexibility index (Phi) is 3.26. The van der Waals surface area contributed by atoms with E-state index in [-0.39, 0.29) is 11.6 Å². The van der Waals surface area contributed by atoms with Crippen LogP contribution in [-0.4, -0.2) is 4.98 Å². The Hall–Kier alpha value is -4.07. The molecule has 0 aliphatic heterocycles. The van der Waals surface area contributed by atoms with Crippen LogP contribution in [0.3, 0.4) is 0 Å². The molecular weight excluding hydrogens is 583 g/mol. The number of fused-ring (bicyclic) bond motifs is 4. The average Bonchev–Trinajstić information content (AvgIpc) is 2.96. The first-order chi connectivity index (χ1) is 12.2. The third kappa shape index (κ3) is 2.20. The molecule has 0 saturated carbocycles. The number of halogens is 2. The van der Waals surface area contributed by atoms with Crippen molar-refractivity contribution in [3.05, 3.63) is 89.5 Å². The molecule has 0 spiro atoms. The van der Waals surface area contributed by atoms with Crippen molar-refractivity contribution in [3.63, 3.8) is 0 Å². The van der Waals surface area contributed by atoms with Crippen LogP contribution in [0.4, 0.5) is 8.78 Å². The fourth-order valence-corrected chi connectivity index (χ4v) is 3.49. The molecule has 0 fully saturated rings. The molecule has 4 heteroatoms. The molecule has 1 aliphatic rings. The van der Waals surface area contributed by atoms with Crippen LogP contribution < -0.4 is 0 Å². The number of pyridine rings is 1. The van der Waals surface area contributed by atoms with Gasteiger partial charge >= 0.3 is 0 Å². The van der Waals surface area contributed by atoms with Gasteiger partial charge in [0, 0.05) is 5.56 Å². The summed E-state index contributed by atoms with van der Waals surface area (Å²) in [6.45, 7) is 0. The normalized spacial score (nSPS) is 11.8. The van der Waals surface area contributed by atoms with Crippen molar-refractivity contribution in [1.29, 1.82) is 0 Å². The van der Waals surface area contributed by atoms with Crippen molar-refractivity contribution in [1.82, 2.24) is 4.98 Å². The van der Waals surface area contributed by atoms with E-state index in [1.807, 2.05) is 24.3 Å². The maximum absolute atomic E-state index is 14.1. The zero-order chi connectivity index (χ0) is 17.0. The van der Waals surface area contributed by atoms with Gasteiger partial charge in [-0.05, 0) is 46.5 Å². The van der Waals surface area contributed by atoms with Gasteiger partial charge in [-0.3, -0.25) is 0 Å². The van der Waals surface area contributed by atoms with Crippen LogP contribution in [0.1, 0.15) is 11.1 Å². The maximum atomic E-state index is 14.1. The van der Waals surface area contributed by atoms with Gasteiger partial charge in [-0.1, -0.05) is 48.5 Å². The van der Waals surface area contributed by atoms with E-state index in [1.54, 1.807) is 18.2 Å². The van der Waals surface area contributed by atoms with Gasteiger partial charge in [0.15, 0.2) is 0 Å². The molecule has 0 saturated heterocycles. The van der Waals surface area contributed by atoms with Crippen LogP contribution in [0.25, 0.3) is 33.3 Å². The molecule has 1 nitrogen and oxygen atoms in total. The molecule has 5 rings (SSSR count). The van der Waals surface area contributed by atoms with Crippen molar-refractivity contribution in [2.75, 3.05) is 0 Å². The van der Waals surface area contributed by atoms with E-state index in [1.165, 1.54) is 18.2 Å². The first kappa shape index (κ1) is 15.5. The Morgan fingerprint density at radius 2 is 1.73 bits per heavy atom. The molecule has 26 heavy (non-hydrogen) atoms. The van der Waals surface area contributed by atoms with E-state index in [9.17, 15) is 8.78 Å². The second-order valence-corrected chi connectivity index (χ2v) is 6.25. The van der Waals surface area contributed by atoms with E-state index in [0.717, 1.165) is 33.5 Å². The first-order valence-corrected chi connectivity index (χ1v) is 8.09. The number of benzene rings is 3. The molecule has 1 aromatic heterocycles. The smallest absolute Gasteiger partial charge is 0.131 e. The minimum absolute atomic E-state index is 0. The van der Waals surface area contributed by atoms with Gasteiger partial charge in [0.25, 0.3) is 0 Å². The largest absolute Gasteiger partial charge is 0.344 e. The molecule has 0 bridgehead atoms. The zero-order valence-electron chi connectivity index (χ0n) is 13.9. The second kappa shape index (κ2) is 5.49. The van der Waals surface area contributed by atoms with Crippen LogP contribution in [0.15, 0.2) is 60.7 Å². The van der Waals surface area contributed by atoms with E-state index in [4.69, 9.17) is 0 Å². The number of aromatic nitrogens is 1. The first-order valence-electron chi connectivity index (χ1n) is 8.09. The summed E-state index contributed by atoms with van der Waals surface area (Å²) in [5, 5.41) is 0.681. The molecule has 0 radical (unpaired) electrons. The van der Waals surface area contributed by atoms with Gasteiger partial charge in [-0.15, -0.1) is 17.0 Å². The molecule has 122 valence electrons. The van der Waals surface area contributed by atoms with Crippen molar-refractivity contribution in [2.45, 2.75) is 6.42 Å². The Morgan fingerprint density at radius 1 is 0.885 bits per heavy atom. The summed E-state index contributed by atoms with van der Waals surface area (Å²) in [6.07, 6.45) is 0.673. The van der Waals surface area contributed by atoms with Crippen LogP contribution in [0.2, 0.25) is 0 Å². The fourth-order valence-electron chi connectivity index (χ4n) is 3.49. The van der Waals surface area contributed by atoms with Gasteiger partial charge in [0.05, 0.1) is 5.82 Å². The topological polar surface area (TPSA) is 12.9 Å². The van der Waals surface area contributed by atoms with E-state index >= 15 is 0 Å². The number of nitrogens with zero attached hydrogens (tertiary/aromatic N) is 1. The average molecular weight is 595 g/mol. The molecular formula is C22H12F2NRf-. The van der Waals surface area contributed by atoms with E-state index in [2.05, 4.69) is 11.1 Å². The Bertz CT molecular complexity index is 1150. The van der Waals surface area contributed by atoms with Gasteiger partial charge in [0.1, 0.15) is 5.82 Å². The summed E-state index contributed by atoms with van der Waals surface area (Å²) < 4.78 is 27.5. The fraction of sp³-hybridized carbons (Fsp3) is 0.0455. The van der Waals surface area contributed by atoms with E-state index < -0.39 is 0 Å².